The summed E-state index contributed by atoms with van der Waals surface area (Å²) in [4.78, 5) is 29.7. The van der Waals surface area contributed by atoms with Gasteiger partial charge < -0.3 is 18.9 Å². The minimum atomic E-state index is -0.172. The molecule has 0 saturated heterocycles. The number of aryl methyl sites for hydroxylation is 2. The molecule has 2 amide bonds. The van der Waals surface area contributed by atoms with Crippen molar-refractivity contribution in [3.8, 4) is 67.5 Å². The van der Waals surface area contributed by atoms with Gasteiger partial charge in [0.1, 0.15) is 23.0 Å². The highest BCUT2D eigenvalue weighted by Crippen LogP contribution is 2.53. The number of nitrogens with zero attached hydrogens (tertiary/aromatic N) is 1. The van der Waals surface area contributed by atoms with Gasteiger partial charge in [-0.2, -0.15) is 0 Å². The third kappa shape index (κ3) is 4.78. The number of ether oxygens (including phenoxy) is 4. The van der Waals surface area contributed by atoms with Crippen molar-refractivity contribution < 1.29 is 28.5 Å². The molecule has 0 spiro atoms. The van der Waals surface area contributed by atoms with E-state index >= 15 is 0 Å². The van der Waals surface area contributed by atoms with E-state index in [1.165, 1.54) is 16.0 Å². The molecule has 0 bridgehead atoms. The Balaban J connectivity index is 1.39. The number of rotatable bonds is 8. The van der Waals surface area contributed by atoms with E-state index in [9.17, 15) is 9.59 Å². The summed E-state index contributed by atoms with van der Waals surface area (Å²) < 4.78 is 22.9. The normalized spacial score (nSPS) is 14.0. The molecule has 50 heavy (non-hydrogen) atoms. The molecule has 1 aliphatic heterocycles. The van der Waals surface area contributed by atoms with Crippen LogP contribution in [0.3, 0.4) is 0 Å². The number of benzene rings is 5. The quantitative estimate of drug-likeness (QED) is 0.155. The van der Waals surface area contributed by atoms with Crippen LogP contribution in [-0.4, -0.2) is 51.7 Å². The van der Waals surface area contributed by atoms with Crippen molar-refractivity contribution in [3.05, 3.63) is 106 Å². The first-order valence-corrected chi connectivity index (χ1v) is 17.2. The van der Waals surface area contributed by atoms with Crippen molar-refractivity contribution in [2.24, 2.45) is 0 Å². The molecule has 7 nitrogen and oxygen atoms in total. The van der Waals surface area contributed by atoms with Crippen LogP contribution in [0.15, 0.2) is 72.8 Å². The molecule has 0 radical (unpaired) electrons. The Bertz CT molecular complexity index is 2050. The van der Waals surface area contributed by atoms with Crippen molar-refractivity contribution in [3.63, 3.8) is 0 Å². The zero-order valence-corrected chi connectivity index (χ0v) is 29.1. The number of hydrogen-bond acceptors (Lipinski definition) is 6. The summed E-state index contributed by atoms with van der Waals surface area (Å²) in [5.41, 5.74) is 13.6. The summed E-state index contributed by atoms with van der Waals surface area (Å²) in [7, 11) is 6.72. The largest absolute Gasteiger partial charge is 0.497 e. The first-order chi connectivity index (χ1) is 24.4. The van der Waals surface area contributed by atoms with Crippen LogP contribution in [0.25, 0.3) is 44.5 Å². The summed E-state index contributed by atoms with van der Waals surface area (Å²) >= 11 is 0. The molecular formula is C43H39NO6. The predicted octanol–water partition coefficient (Wildman–Crippen LogP) is 8.59. The van der Waals surface area contributed by atoms with Crippen molar-refractivity contribution in [2.45, 2.75) is 39.0 Å². The molecule has 5 aromatic carbocycles. The lowest BCUT2D eigenvalue weighted by Crippen LogP contribution is -2.30. The summed E-state index contributed by atoms with van der Waals surface area (Å²) in [6, 6.07) is 24.7. The monoisotopic (exact) mass is 665 g/mol. The Morgan fingerprint density at radius 3 is 1.30 bits per heavy atom. The van der Waals surface area contributed by atoms with Gasteiger partial charge in [0.25, 0.3) is 11.8 Å². The van der Waals surface area contributed by atoms with E-state index in [1.54, 1.807) is 28.4 Å². The Morgan fingerprint density at radius 1 is 0.520 bits per heavy atom. The van der Waals surface area contributed by atoms with Gasteiger partial charge in [0.2, 0.25) is 0 Å². The third-order valence-electron chi connectivity index (χ3n) is 10.6. The SMILES string of the molecule is CCCN1C(=O)c2c3c(c4c(c2C1=O)CCc1cc(-c2ccc(OC)cc2)c(OC)cc1-4)-c1cc(OC)c(-c2ccc(OC)cc2)cc1CC3. The second-order valence-electron chi connectivity index (χ2n) is 13.1. The molecule has 0 atom stereocenters. The number of hydrogen-bond donors (Lipinski definition) is 0. The van der Waals surface area contributed by atoms with Gasteiger partial charge in [-0.1, -0.05) is 31.2 Å². The summed E-state index contributed by atoms with van der Waals surface area (Å²) in [6.45, 7) is 2.40. The number of carbonyl (C=O) groups is 2. The predicted molar refractivity (Wildman–Crippen MR) is 195 cm³/mol. The van der Waals surface area contributed by atoms with Crippen LogP contribution in [0.5, 0.6) is 23.0 Å². The first kappa shape index (κ1) is 31.7. The number of imide groups is 1. The minimum Gasteiger partial charge on any atom is -0.497 e. The van der Waals surface area contributed by atoms with E-state index in [4.69, 9.17) is 18.9 Å². The van der Waals surface area contributed by atoms with Gasteiger partial charge in [0, 0.05) is 17.7 Å². The van der Waals surface area contributed by atoms with Crippen LogP contribution in [-0.2, 0) is 25.7 Å². The summed E-state index contributed by atoms with van der Waals surface area (Å²) in [5.74, 6) is 2.73. The summed E-state index contributed by atoms with van der Waals surface area (Å²) in [6.07, 6.45) is 3.49. The highest BCUT2D eigenvalue weighted by molar-refractivity contribution is 6.25. The molecule has 0 N–H and O–H groups in total. The van der Waals surface area contributed by atoms with E-state index in [0.717, 1.165) is 91.5 Å². The third-order valence-corrected chi connectivity index (χ3v) is 10.6. The average molecular weight is 666 g/mol. The van der Waals surface area contributed by atoms with E-state index < -0.39 is 0 Å². The smallest absolute Gasteiger partial charge is 0.261 e. The van der Waals surface area contributed by atoms with Crippen LogP contribution in [0.4, 0.5) is 0 Å². The van der Waals surface area contributed by atoms with Crippen molar-refractivity contribution in [1.29, 1.82) is 0 Å². The van der Waals surface area contributed by atoms with Crippen LogP contribution < -0.4 is 18.9 Å². The van der Waals surface area contributed by atoms with Crippen molar-refractivity contribution in [1.82, 2.24) is 4.90 Å². The molecule has 2 aliphatic carbocycles. The Kier molecular flexibility index (Phi) is 7.86. The van der Waals surface area contributed by atoms with Crippen molar-refractivity contribution in [2.75, 3.05) is 35.0 Å². The Labute approximate surface area is 292 Å². The van der Waals surface area contributed by atoms with E-state index in [1.807, 2.05) is 55.5 Å². The number of carbonyl (C=O) groups excluding carboxylic acids is 2. The molecule has 252 valence electrons. The molecule has 3 aliphatic rings. The highest BCUT2D eigenvalue weighted by Gasteiger charge is 2.44. The molecular weight excluding hydrogens is 626 g/mol. The maximum atomic E-state index is 14.1. The summed E-state index contributed by atoms with van der Waals surface area (Å²) in [5, 5.41) is 0. The van der Waals surface area contributed by atoms with Gasteiger partial charge >= 0.3 is 0 Å². The molecule has 0 unspecified atom stereocenters. The maximum absolute atomic E-state index is 14.1. The molecule has 8 rings (SSSR count). The van der Waals surface area contributed by atoms with Gasteiger partial charge in [-0.05, 0) is 136 Å². The van der Waals surface area contributed by atoms with Crippen LogP contribution in [0, 0.1) is 0 Å². The van der Waals surface area contributed by atoms with Gasteiger partial charge in [0.05, 0.1) is 39.6 Å². The second kappa shape index (κ2) is 12.4. The van der Waals surface area contributed by atoms with Gasteiger partial charge in [-0.3, -0.25) is 14.5 Å². The number of methoxy groups -OCH3 is 4. The molecule has 7 heteroatoms. The molecule has 0 fully saturated rings. The lowest BCUT2D eigenvalue weighted by molar-refractivity contribution is 0.0653. The average Bonchev–Trinajstić information content (AvgIpc) is 3.41. The minimum absolute atomic E-state index is 0.172. The Morgan fingerprint density at radius 2 is 0.940 bits per heavy atom. The fourth-order valence-electron chi connectivity index (χ4n) is 8.19. The Hall–Kier alpha value is -5.56. The topological polar surface area (TPSA) is 74.3 Å². The van der Waals surface area contributed by atoms with E-state index in [0.29, 0.717) is 36.9 Å². The zero-order chi connectivity index (χ0) is 34.7. The van der Waals surface area contributed by atoms with Gasteiger partial charge in [-0.25, -0.2) is 0 Å². The first-order valence-electron chi connectivity index (χ1n) is 17.2. The lowest BCUT2D eigenvalue weighted by Gasteiger charge is -2.32. The molecule has 5 aromatic rings. The zero-order valence-electron chi connectivity index (χ0n) is 29.1. The molecule has 0 aromatic heterocycles. The second-order valence-corrected chi connectivity index (χ2v) is 13.1. The van der Waals surface area contributed by atoms with Crippen LogP contribution >= 0.6 is 0 Å². The highest BCUT2D eigenvalue weighted by atomic mass is 16.5. The van der Waals surface area contributed by atoms with Gasteiger partial charge in [0.15, 0.2) is 0 Å². The maximum Gasteiger partial charge on any atom is 0.261 e. The van der Waals surface area contributed by atoms with Gasteiger partial charge in [-0.15, -0.1) is 0 Å². The lowest BCUT2D eigenvalue weighted by atomic mass is 9.71. The molecule has 1 heterocycles. The fraction of sp³-hybridized carbons (Fsp3) is 0.256. The molecule has 0 saturated carbocycles. The number of amides is 2. The van der Waals surface area contributed by atoms with Crippen LogP contribution in [0.2, 0.25) is 0 Å². The van der Waals surface area contributed by atoms with E-state index in [-0.39, 0.29) is 11.8 Å². The fourth-order valence-corrected chi connectivity index (χ4v) is 8.19. The van der Waals surface area contributed by atoms with Crippen molar-refractivity contribution >= 4 is 11.8 Å². The number of fused-ring (bicyclic) bond motifs is 10. The van der Waals surface area contributed by atoms with E-state index in [2.05, 4.69) is 24.3 Å². The standard InChI is InChI=1S/C43H39NO6/c1-6-19-44-42(45)40-30-17-11-26-20-32(24-7-13-28(47-2)14-8-24)36(49-4)22-34(26)38(30)39-31(41(40)43(44)46)18-12-27-21-33(37(50-5)23-35(27)39)25-9-15-29(48-3)16-10-25/h7-10,13-16,20-23H,6,11-12,17-19H2,1-5H3. The van der Waals surface area contributed by atoms with Crippen LogP contribution in [0.1, 0.15) is 56.3 Å².